The molecule has 0 atom stereocenters. The first-order valence-electron chi connectivity index (χ1n) is 8.76. The van der Waals surface area contributed by atoms with Gasteiger partial charge in [-0.25, -0.2) is 9.97 Å². The molecule has 6 nitrogen and oxygen atoms in total. The summed E-state index contributed by atoms with van der Waals surface area (Å²) in [4.78, 5) is 20.5. The average Bonchev–Trinajstić information content (AvgIpc) is 3.09. The van der Waals surface area contributed by atoms with E-state index >= 15 is 0 Å². The van der Waals surface area contributed by atoms with Crippen molar-refractivity contribution >= 4 is 38.7 Å². The van der Waals surface area contributed by atoms with Crippen molar-refractivity contribution in [3.05, 3.63) is 74.9 Å². The third-order valence-electron chi connectivity index (χ3n) is 4.66. The lowest BCUT2D eigenvalue weighted by Crippen LogP contribution is -2.00. The molecule has 2 heterocycles. The zero-order valence-corrected chi connectivity index (χ0v) is 16.5. The summed E-state index contributed by atoms with van der Waals surface area (Å²) in [7, 11) is 0. The number of nitrogens with zero attached hydrogens (tertiary/aromatic N) is 3. The molecule has 0 radical (unpaired) electrons. The van der Waals surface area contributed by atoms with Gasteiger partial charge < -0.3 is 5.32 Å². The van der Waals surface area contributed by atoms with Gasteiger partial charge in [-0.3, -0.25) is 10.1 Å². The number of nitrogens with one attached hydrogen (secondary N) is 1. The zero-order chi connectivity index (χ0) is 19.8. The van der Waals surface area contributed by atoms with Crippen molar-refractivity contribution in [3.8, 4) is 11.1 Å². The van der Waals surface area contributed by atoms with E-state index in [1.54, 1.807) is 12.1 Å². The number of anilines is 2. The highest BCUT2D eigenvalue weighted by molar-refractivity contribution is 7.17. The van der Waals surface area contributed by atoms with Gasteiger partial charge in [0.15, 0.2) is 0 Å². The smallest absolute Gasteiger partial charge is 0.270 e. The minimum atomic E-state index is -0.382. The number of fused-ring (bicyclic) bond motifs is 1. The lowest BCUT2D eigenvalue weighted by atomic mass is 10.0. The standard InChI is InChI=1S/C21H18N4O2S/c1-12-7-13(2)19(14(3)8-12)24-20-18-17(10-28-21(18)23-11-22-20)15-5-4-6-16(9-15)25(26)27/h4-11H,1-3H3,(H,22,23,24). The monoisotopic (exact) mass is 390 g/mol. The molecule has 0 unspecified atom stereocenters. The van der Waals surface area contributed by atoms with Crippen LogP contribution in [0.1, 0.15) is 16.7 Å². The Bertz CT molecular complexity index is 1190. The molecule has 0 fully saturated rings. The Morgan fingerprint density at radius 3 is 2.54 bits per heavy atom. The number of benzene rings is 2. The lowest BCUT2D eigenvalue weighted by molar-refractivity contribution is -0.384. The highest BCUT2D eigenvalue weighted by atomic mass is 32.1. The summed E-state index contributed by atoms with van der Waals surface area (Å²) in [5.41, 5.74) is 6.22. The molecule has 0 saturated heterocycles. The maximum absolute atomic E-state index is 11.2. The first-order chi connectivity index (χ1) is 13.4. The summed E-state index contributed by atoms with van der Waals surface area (Å²) in [5, 5.41) is 17.5. The molecule has 28 heavy (non-hydrogen) atoms. The average molecular weight is 390 g/mol. The highest BCUT2D eigenvalue weighted by Gasteiger charge is 2.16. The van der Waals surface area contributed by atoms with Crippen molar-refractivity contribution in [2.24, 2.45) is 0 Å². The van der Waals surface area contributed by atoms with E-state index in [0.717, 1.165) is 38.2 Å². The number of non-ortho nitro benzene ring substituents is 1. The van der Waals surface area contributed by atoms with Crippen LogP contribution in [0.25, 0.3) is 21.3 Å². The van der Waals surface area contributed by atoms with Crippen LogP contribution in [-0.2, 0) is 0 Å². The van der Waals surface area contributed by atoms with E-state index in [1.807, 2.05) is 11.4 Å². The molecule has 2 aromatic carbocycles. The van der Waals surface area contributed by atoms with Gasteiger partial charge in [0.05, 0.1) is 10.3 Å². The second-order valence-electron chi connectivity index (χ2n) is 6.76. The molecule has 0 bridgehead atoms. The maximum Gasteiger partial charge on any atom is 0.270 e. The number of aromatic nitrogens is 2. The molecule has 4 rings (SSSR count). The quantitative estimate of drug-likeness (QED) is 0.345. The number of aryl methyl sites for hydroxylation is 3. The van der Waals surface area contributed by atoms with Gasteiger partial charge in [-0.15, -0.1) is 11.3 Å². The number of nitro groups is 1. The fourth-order valence-electron chi connectivity index (χ4n) is 3.46. The predicted molar refractivity (Wildman–Crippen MR) is 113 cm³/mol. The number of hydrogen-bond acceptors (Lipinski definition) is 6. The Morgan fingerprint density at radius 1 is 1.07 bits per heavy atom. The molecular formula is C21H18N4O2S. The van der Waals surface area contributed by atoms with E-state index in [1.165, 1.54) is 29.3 Å². The maximum atomic E-state index is 11.2. The Balaban J connectivity index is 1.87. The molecule has 0 spiro atoms. The SMILES string of the molecule is Cc1cc(C)c(Nc2ncnc3scc(-c4cccc([N+](=O)[O-])c4)c23)c(C)c1. The zero-order valence-electron chi connectivity index (χ0n) is 15.7. The minimum absolute atomic E-state index is 0.0634. The molecule has 0 amide bonds. The van der Waals surface area contributed by atoms with E-state index < -0.39 is 0 Å². The van der Waals surface area contributed by atoms with Gasteiger partial charge in [-0.05, 0) is 37.5 Å². The van der Waals surface area contributed by atoms with Gasteiger partial charge >= 0.3 is 0 Å². The van der Waals surface area contributed by atoms with Gasteiger partial charge in [0.25, 0.3) is 5.69 Å². The van der Waals surface area contributed by atoms with E-state index in [2.05, 4.69) is 48.2 Å². The van der Waals surface area contributed by atoms with E-state index in [0.29, 0.717) is 5.82 Å². The Labute approximate surface area is 166 Å². The van der Waals surface area contributed by atoms with E-state index in [9.17, 15) is 10.1 Å². The fraction of sp³-hybridized carbons (Fsp3) is 0.143. The van der Waals surface area contributed by atoms with Gasteiger partial charge in [-0.2, -0.15) is 0 Å². The summed E-state index contributed by atoms with van der Waals surface area (Å²) in [5.74, 6) is 0.697. The van der Waals surface area contributed by atoms with Crippen LogP contribution < -0.4 is 5.32 Å². The van der Waals surface area contributed by atoms with E-state index in [-0.39, 0.29) is 10.6 Å². The summed E-state index contributed by atoms with van der Waals surface area (Å²) in [6, 6.07) is 10.9. The van der Waals surface area contributed by atoms with Crippen molar-refractivity contribution in [2.45, 2.75) is 20.8 Å². The summed E-state index contributed by atoms with van der Waals surface area (Å²) in [6.07, 6.45) is 1.54. The van der Waals surface area contributed by atoms with Crippen LogP contribution in [0, 0.1) is 30.9 Å². The molecule has 4 aromatic rings. The predicted octanol–water partition coefficient (Wildman–Crippen LogP) is 5.94. The molecule has 2 aromatic heterocycles. The van der Waals surface area contributed by atoms with Crippen molar-refractivity contribution in [1.82, 2.24) is 9.97 Å². The molecule has 0 saturated carbocycles. The second kappa shape index (κ2) is 7.01. The second-order valence-corrected chi connectivity index (χ2v) is 7.62. The van der Waals surface area contributed by atoms with Crippen LogP contribution in [0.2, 0.25) is 0 Å². The topological polar surface area (TPSA) is 81.0 Å². The molecule has 1 N–H and O–H groups in total. The van der Waals surface area contributed by atoms with Gasteiger partial charge in [0.2, 0.25) is 0 Å². The molecule has 0 aliphatic carbocycles. The molecule has 7 heteroatoms. The first-order valence-corrected chi connectivity index (χ1v) is 9.64. The largest absolute Gasteiger partial charge is 0.339 e. The highest BCUT2D eigenvalue weighted by Crippen LogP contribution is 2.39. The van der Waals surface area contributed by atoms with E-state index in [4.69, 9.17) is 0 Å². The number of rotatable bonds is 4. The Hall–Kier alpha value is -3.32. The Morgan fingerprint density at radius 2 is 1.82 bits per heavy atom. The van der Waals surface area contributed by atoms with Crippen LogP contribution in [0.15, 0.2) is 48.1 Å². The first kappa shape index (κ1) is 18.1. The number of hydrogen-bond donors (Lipinski definition) is 1. The fourth-order valence-corrected chi connectivity index (χ4v) is 4.38. The normalized spacial score (nSPS) is 11.0. The summed E-state index contributed by atoms with van der Waals surface area (Å²) in [6.45, 7) is 6.21. The number of thiophene rings is 1. The van der Waals surface area contributed by atoms with Crippen molar-refractivity contribution < 1.29 is 4.92 Å². The lowest BCUT2D eigenvalue weighted by Gasteiger charge is -2.14. The van der Waals surface area contributed by atoms with Crippen LogP contribution in [0.4, 0.5) is 17.2 Å². The molecule has 140 valence electrons. The van der Waals surface area contributed by atoms with Crippen LogP contribution in [-0.4, -0.2) is 14.9 Å². The molecule has 0 aliphatic rings. The van der Waals surface area contributed by atoms with Crippen molar-refractivity contribution in [3.63, 3.8) is 0 Å². The van der Waals surface area contributed by atoms with Crippen molar-refractivity contribution in [2.75, 3.05) is 5.32 Å². The Kier molecular flexibility index (Phi) is 4.52. The summed E-state index contributed by atoms with van der Waals surface area (Å²) >= 11 is 1.50. The minimum Gasteiger partial charge on any atom is -0.339 e. The molecule has 0 aliphatic heterocycles. The molecular weight excluding hydrogens is 372 g/mol. The van der Waals surface area contributed by atoms with Gasteiger partial charge in [-0.1, -0.05) is 29.8 Å². The van der Waals surface area contributed by atoms with Crippen LogP contribution in [0.3, 0.4) is 0 Å². The van der Waals surface area contributed by atoms with Gasteiger partial charge in [0.1, 0.15) is 17.0 Å². The summed E-state index contributed by atoms with van der Waals surface area (Å²) < 4.78 is 0. The van der Waals surface area contributed by atoms with Crippen molar-refractivity contribution in [1.29, 1.82) is 0 Å². The van der Waals surface area contributed by atoms with Crippen LogP contribution in [0.5, 0.6) is 0 Å². The number of nitro benzene ring substituents is 1. The van der Waals surface area contributed by atoms with Gasteiger partial charge in [0, 0.05) is 28.8 Å². The third-order valence-corrected chi connectivity index (χ3v) is 5.54. The van der Waals surface area contributed by atoms with Crippen LogP contribution >= 0.6 is 11.3 Å². The third kappa shape index (κ3) is 3.20.